The zero-order valence-corrected chi connectivity index (χ0v) is 29.8. The maximum atomic E-state index is 13.2. The van der Waals surface area contributed by atoms with E-state index >= 15 is 0 Å². The molecule has 262 valence electrons. The number of carbonyl (C=O) groups excluding carboxylic acids is 1. The van der Waals surface area contributed by atoms with Crippen molar-refractivity contribution < 1.29 is 43.8 Å². The highest BCUT2D eigenvalue weighted by Crippen LogP contribution is 2.37. The average molecular weight is 641 g/mol. The van der Waals surface area contributed by atoms with Crippen LogP contribution in [0.1, 0.15) is 93.4 Å². The summed E-state index contributed by atoms with van der Waals surface area (Å²) in [5, 5.41) is 32.0. The Hall–Kier alpha value is -1.17. The molecule has 1 saturated carbocycles. The Morgan fingerprint density at radius 3 is 2.22 bits per heavy atom. The van der Waals surface area contributed by atoms with Gasteiger partial charge in [0.2, 0.25) is 0 Å². The summed E-state index contributed by atoms with van der Waals surface area (Å²) < 4.78 is 28.9. The minimum Gasteiger partial charge on any atom is -0.392 e. The van der Waals surface area contributed by atoms with Gasteiger partial charge in [-0.1, -0.05) is 45.4 Å². The lowest BCUT2D eigenvalue weighted by atomic mass is 9.82. The number of carbonyl (C=O) groups is 1. The van der Waals surface area contributed by atoms with Crippen LogP contribution in [0.2, 0.25) is 0 Å². The first kappa shape index (κ1) is 40.0. The number of aliphatic hydroxyl groups is 3. The number of hydrogen-bond acceptors (Lipinski definition) is 9. The number of Topliss-reactive ketones (excluding diaryl/α,β-unsaturated/α-hetero) is 1. The van der Waals surface area contributed by atoms with Crippen LogP contribution in [0.4, 0.5) is 0 Å². The van der Waals surface area contributed by atoms with E-state index < -0.39 is 18.0 Å². The molecule has 1 heterocycles. The summed E-state index contributed by atoms with van der Waals surface area (Å²) in [4.78, 5) is 13.2. The van der Waals surface area contributed by atoms with Gasteiger partial charge in [0.1, 0.15) is 11.9 Å². The number of hydrogen-bond donors (Lipinski definition) is 3. The van der Waals surface area contributed by atoms with Gasteiger partial charge in [0, 0.05) is 52.6 Å². The molecule has 9 heteroatoms. The predicted octanol–water partition coefficient (Wildman–Crippen LogP) is 5.24. The Bertz CT molecular complexity index is 962. The second-order valence-corrected chi connectivity index (χ2v) is 14.2. The van der Waals surface area contributed by atoms with Crippen LogP contribution in [0.3, 0.4) is 0 Å². The maximum Gasteiger partial charge on any atom is 0.165 e. The molecule has 0 spiro atoms. The van der Waals surface area contributed by atoms with Crippen molar-refractivity contribution in [3.05, 3.63) is 23.3 Å². The largest absolute Gasteiger partial charge is 0.392 e. The van der Waals surface area contributed by atoms with E-state index in [-0.39, 0.29) is 72.3 Å². The molecule has 13 atom stereocenters. The molecular weight excluding hydrogens is 576 g/mol. The van der Waals surface area contributed by atoms with Gasteiger partial charge in [0.25, 0.3) is 0 Å². The van der Waals surface area contributed by atoms with Crippen LogP contribution in [0, 0.1) is 29.6 Å². The molecule has 0 bridgehead atoms. The van der Waals surface area contributed by atoms with Crippen LogP contribution >= 0.6 is 0 Å². The first-order valence-corrected chi connectivity index (χ1v) is 16.8. The summed E-state index contributed by atoms with van der Waals surface area (Å²) in [7, 11) is 6.60. The fourth-order valence-corrected chi connectivity index (χ4v) is 7.31. The van der Waals surface area contributed by atoms with E-state index in [4.69, 9.17) is 23.7 Å². The monoisotopic (exact) mass is 640 g/mol. The number of methoxy groups -OCH3 is 4. The Morgan fingerprint density at radius 1 is 1.00 bits per heavy atom. The van der Waals surface area contributed by atoms with Gasteiger partial charge in [0.15, 0.2) is 5.79 Å². The zero-order valence-electron chi connectivity index (χ0n) is 29.8. The lowest BCUT2D eigenvalue weighted by Gasteiger charge is -2.46. The molecule has 2 fully saturated rings. The van der Waals surface area contributed by atoms with Gasteiger partial charge in [-0.2, -0.15) is 0 Å². The fraction of sp³-hybridized carbons (Fsp3) is 0.861. The van der Waals surface area contributed by atoms with Gasteiger partial charge in [-0.3, -0.25) is 4.79 Å². The van der Waals surface area contributed by atoms with Crippen molar-refractivity contribution >= 4 is 5.78 Å². The molecule has 2 rings (SSSR count). The first-order chi connectivity index (χ1) is 21.1. The van der Waals surface area contributed by atoms with Crippen molar-refractivity contribution in [3.63, 3.8) is 0 Å². The maximum absolute atomic E-state index is 13.2. The van der Waals surface area contributed by atoms with Crippen molar-refractivity contribution in [2.75, 3.05) is 28.4 Å². The molecule has 0 amide bonds. The molecule has 9 nitrogen and oxygen atoms in total. The summed E-state index contributed by atoms with van der Waals surface area (Å²) in [5.41, 5.74) is 2.13. The van der Waals surface area contributed by atoms with Gasteiger partial charge in [0.05, 0.1) is 36.6 Å². The number of aliphatic hydroxyl groups excluding tert-OH is 2. The Kier molecular flexibility index (Phi) is 16.4. The number of ketones is 1. The summed E-state index contributed by atoms with van der Waals surface area (Å²) in [6.07, 6.45) is 6.18. The molecule has 45 heavy (non-hydrogen) atoms. The van der Waals surface area contributed by atoms with Crippen LogP contribution in [-0.2, 0) is 28.5 Å². The lowest BCUT2D eigenvalue weighted by molar-refractivity contribution is -0.312. The number of ether oxygens (including phenoxy) is 5. The summed E-state index contributed by atoms with van der Waals surface area (Å²) in [6.45, 7) is 13.7. The van der Waals surface area contributed by atoms with Crippen molar-refractivity contribution in [1.82, 2.24) is 0 Å². The minimum atomic E-state index is -1.24. The fourth-order valence-electron chi connectivity index (χ4n) is 7.31. The van der Waals surface area contributed by atoms with Crippen molar-refractivity contribution in [3.8, 4) is 0 Å². The Morgan fingerprint density at radius 2 is 1.64 bits per heavy atom. The molecule has 2 aliphatic rings. The Balaban J connectivity index is 1.95. The minimum absolute atomic E-state index is 0.00768. The molecule has 0 aromatic heterocycles. The van der Waals surface area contributed by atoms with Gasteiger partial charge >= 0.3 is 0 Å². The highest BCUT2D eigenvalue weighted by molar-refractivity contribution is 5.82. The second kappa shape index (κ2) is 18.4. The highest BCUT2D eigenvalue weighted by Gasteiger charge is 2.46. The Labute approximate surface area is 272 Å². The van der Waals surface area contributed by atoms with Crippen LogP contribution < -0.4 is 0 Å². The van der Waals surface area contributed by atoms with E-state index in [0.717, 1.165) is 30.4 Å². The smallest absolute Gasteiger partial charge is 0.165 e. The molecule has 1 aliphatic carbocycles. The number of allylic oxidation sites excluding steroid dienone is 3. The van der Waals surface area contributed by atoms with Crippen molar-refractivity contribution in [2.24, 2.45) is 29.6 Å². The quantitative estimate of drug-likeness (QED) is 0.183. The summed E-state index contributed by atoms with van der Waals surface area (Å²) in [5.74, 6) is -1.38. The normalized spacial score (nSPS) is 34.1. The SMILES string of the molecule is COC(C[C@@H](C)C/C(C)=C/[C@@H](C)C(=O)C[C@H](O)[C@@H](C)[C@H](OC)/C(C)=C/[C@@H]1CC[C@@H](O)C(OC)C1)[C@H]1O[C@](C)(O)[C@H](C)CC1OC. The van der Waals surface area contributed by atoms with E-state index in [0.29, 0.717) is 19.3 Å². The average Bonchev–Trinajstić information content (AvgIpc) is 2.97. The highest BCUT2D eigenvalue weighted by atomic mass is 16.7. The third-order valence-corrected chi connectivity index (χ3v) is 10.4. The zero-order chi connectivity index (χ0) is 34.1. The van der Waals surface area contributed by atoms with Crippen LogP contribution in [0.15, 0.2) is 23.3 Å². The van der Waals surface area contributed by atoms with E-state index in [1.165, 1.54) is 0 Å². The van der Waals surface area contributed by atoms with Crippen LogP contribution in [0.5, 0.6) is 0 Å². The molecule has 1 saturated heterocycles. The van der Waals surface area contributed by atoms with E-state index in [1.54, 1.807) is 35.4 Å². The molecule has 0 aromatic carbocycles. The van der Waals surface area contributed by atoms with E-state index in [9.17, 15) is 20.1 Å². The first-order valence-electron chi connectivity index (χ1n) is 16.8. The second-order valence-electron chi connectivity index (χ2n) is 14.2. The predicted molar refractivity (Wildman–Crippen MR) is 176 cm³/mol. The molecule has 3 unspecified atom stereocenters. The van der Waals surface area contributed by atoms with E-state index in [2.05, 4.69) is 13.0 Å². The van der Waals surface area contributed by atoms with Crippen molar-refractivity contribution in [2.45, 2.75) is 142 Å². The molecular formula is C36H64O9. The molecule has 0 aromatic rings. The topological polar surface area (TPSA) is 124 Å². The van der Waals surface area contributed by atoms with Crippen LogP contribution in [0.25, 0.3) is 0 Å². The lowest BCUT2D eigenvalue weighted by Crippen LogP contribution is -2.56. The summed E-state index contributed by atoms with van der Waals surface area (Å²) in [6, 6.07) is 0. The third kappa shape index (κ3) is 11.5. The molecule has 1 aliphatic heterocycles. The molecule has 3 N–H and O–H groups in total. The van der Waals surface area contributed by atoms with Crippen LogP contribution in [-0.4, -0.2) is 98.1 Å². The number of rotatable bonds is 17. The third-order valence-electron chi connectivity index (χ3n) is 10.4. The van der Waals surface area contributed by atoms with Gasteiger partial charge < -0.3 is 39.0 Å². The van der Waals surface area contributed by atoms with E-state index in [1.807, 2.05) is 40.7 Å². The van der Waals surface area contributed by atoms with Gasteiger partial charge in [-0.15, -0.1) is 0 Å². The van der Waals surface area contributed by atoms with Gasteiger partial charge in [-0.25, -0.2) is 0 Å². The summed E-state index contributed by atoms with van der Waals surface area (Å²) >= 11 is 0. The molecule has 0 radical (unpaired) electrons. The van der Waals surface area contributed by atoms with Crippen molar-refractivity contribution in [1.29, 1.82) is 0 Å². The van der Waals surface area contributed by atoms with Gasteiger partial charge in [-0.05, 0) is 76.7 Å². The standard InChI is InChI=1S/C36H64O9/c1-21(14-22(2)16-32(42-9)35-33(43-10)18-25(5)36(7,40)45-35)15-23(3)29(38)20-30(39)26(6)34(44-11)24(4)17-27-12-13-28(37)31(19-27)41-8/h15,17,22-23,25-28,30-35,37,39-40H,12-14,16,18-20H2,1-11H3/b21-15+,24-17+/t22-,23+,25+,26+,27-,28+,30-,31?,32?,33?,34+,35+,36-/m0/s1.